The number of aromatic nitrogens is 1. The van der Waals surface area contributed by atoms with Crippen molar-refractivity contribution in [1.82, 2.24) is 15.2 Å². The standard InChI is InChI=1S/C21H26N4O4/c1-15(27)20(19(28)14-26)23-21(29)25-11-9-24(10-12-25)18-6-4-16(5-7-18)17-3-2-8-22-13-17/h2-8,13,15,20,26-27H,9-12,14H2,1H3,(H,23,29)/t15-,20+/m1/s1. The van der Waals surface area contributed by atoms with Gasteiger partial charge in [0, 0.05) is 44.3 Å². The minimum atomic E-state index is -1.11. The number of aliphatic hydroxyl groups is 2. The van der Waals surface area contributed by atoms with E-state index < -0.39 is 30.6 Å². The number of anilines is 1. The molecule has 8 nitrogen and oxygen atoms in total. The molecule has 3 N–H and O–H groups in total. The van der Waals surface area contributed by atoms with Crippen LogP contribution in [0.3, 0.4) is 0 Å². The number of urea groups is 1. The molecule has 8 heteroatoms. The molecule has 1 aliphatic heterocycles. The Morgan fingerprint density at radius 2 is 1.79 bits per heavy atom. The second-order valence-corrected chi connectivity index (χ2v) is 7.05. The van der Waals surface area contributed by atoms with Gasteiger partial charge in [0.1, 0.15) is 12.6 Å². The highest BCUT2D eigenvalue weighted by atomic mass is 16.3. The number of piperazine rings is 1. The van der Waals surface area contributed by atoms with Crippen molar-refractivity contribution in [3.8, 4) is 11.1 Å². The van der Waals surface area contributed by atoms with Gasteiger partial charge in [0.05, 0.1) is 6.10 Å². The molecule has 1 aromatic carbocycles. The number of amides is 2. The fourth-order valence-electron chi connectivity index (χ4n) is 3.36. The summed E-state index contributed by atoms with van der Waals surface area (Å²) in [6.45, 7) is 3.00. The van der Waals surface area contributed by atoms with Gasteiger partial charge in [-0.1, -0.05) is 18.2 Å². The molecule has 2 aromatic rings. The van der Waals surface area contributed by atoms with Crippen LogP contribution in [0.25, 0.3) is 11.1 Å². The predicted molar refractivity (Wildman–Crippen MR) is 110 cm³/mol. The zero-order valence-corrected chi connectivity index (χ0v) is 16.4. The van der Waals surface area contributed by atoms with E-state index in [0.29, 0.717) is 26.2 Å². The lowest BCUT2D eigenvalue weighted by atomic mass is 10.1. The van der Waals surface area contributed by atoms with Gasteiger partial charge in [0.25, 0.3) is 0 Å². The number of ketones is 1. The average molecular weight is 398 g/mol. The van der Waals surface area contributed by atoms with Crippen LogP contribution < -0.4 is 10.2 Å². The summed E-state index contributed by atoms with van der Waals surface area (Å²) in [7, 11) is 0. The Bertz CT molecular complexity index is 818. The van der Waals surface area contributed by atoms with Crippen LogP contribution in [0.4, 0.5) is 10.5 Å². The summed E-state index contributed by atoms with van der Waals surface area (Å²) < 4.78 is 0. The van der Waals surface area contributed by atoms with Gasteiger partial charge in [-0.15, -0.1) is 0 Å². The number of hydrogen-bond donors (Lipinski definition) is 3. The van der Waals surface area contributed by atoms with Gasteiger partial charge in [0.15, 0.2) is 5.78 Å². The second kappa shape index (κ2) is 9.49. The molecule has 0 bridgehead atoms. The van der Waals surface area contributed by atoms with E-state index in [9.17, 15) is 14.7 Å². The number of carbonyl (C=O) groups is 2. The molecule has 1 aliphatic rings. The van der Waals surface area contributed by atoms with Crippen LogP contribution in [0.2, 0.25) is 0 Å². The smallest absolute Gasteiger partial charge is 0.318 e. The normalized spacial score (nSPS) is 16.2. The van der Waals surface area contributed by atoms with Gasteiger partial charge in [0.2, 0.25) is 0 Å². The van der Waals surface area contributed by atoms with Crippen LogP contribution in [-0.4, -0.2) is 76.8 Å². The Labute approximate surface area is 169 Å². The molecular weight excluding hydrogens is 372 g/mol. The minimum absolute atomic E-state index is 0.413. The lowest BCUT2D eigenvalue weighted by molar-refractivity contribution is -0.125. The monoisotopic (exact) mass is 398 g/mol. The highest BCUT2D eigenvalue weighted by molar-refractivity contribution is 5.89. The van der Waals surface area contributed by atoms with Crippen LogP contribution in [-0.2, 0) is 4.79 Å². The van der Waals surface area contributed by atoms with Crippen molar-refractivity contribution in [2.45, 2.75) is 19.1 Å². The van der Waals surface area contributed by atoms with Crippen molar-refractivity contribution in [1.29, 1.82) is 0 Å². The van der Waals surface area contributed by atoms with E-state index in [4.69, 9.17) is 5.11 Å². The zero-order chi connectivity index (χ0) is 20.8. The molecule has 1 aromatic heterocycles. The Balaban J connectivity index is 1.56. The number of pyridine rings is 1. The quantitative estimate of drug-likeness (QED) is 0.667. The molecule has 1 fully saturated rings. The molecular formula is C21H26N4O4. The summed E-state index contributed by atoms with van der Waals surface area (Å²) in [6.07, 6.45) is 2.50. The summed E-state index contributed by atoms with van der Waals surface area (Å²) in [5.41, 5.74) is 3.23. The zero-order valence-electron chi connectivity index (χ0n) is 16.4. The molecule has 0 aliphatic carbocycles. The first-order valence-corrected chi connectivity index (χ1v) is 9.62. The molecule has 3 rings (SSSR count). The molecule has 2 amide bonds. The molecule has 2 heterocycles. The largest absolute Gasteiger partial charge is 0.391 e. The van der Waals surface area contributed by atoms with E-state index in [2.05, 4.69) is 39.5 Å². The number of Topliss-reactive ketones (excluding diaryl/α,β-unsaturated/α-hetero) is 1. The minimum Gasteiger partial charge on any atom is -0.391 e. The van der Waals surface area contributed by atoms with Crippen LogP contribution in [0.5, 0.6) is 0 Å². The van der Waals surface area contributed by atoms with Crippen molar-refractivity contribution in [3.63, 3.8) is 0 Å². The number of nitrogens with one attached hydrogen (secondary N) is 1. The Hall–Kier alpha value is -2.97. The van der Waals surface area contributed by atoms with Crippen molar-refractivity contribution in [2.24, 2.45) is 0 Å². The van der Waals surface area contributed by atoms with Crippen molar-refractivity contribution in [2.75, 3.05) is 37.7 Å². The van der Waals surface area contributed by atoms with Gasteiger partial charge >= 0.3 is 6.03 Å². The van der Waals surface area contributed by atoms with Gasteiger partial charge < -0.3 is 25.3 Å². The lowest BCUT2D eigenvalue weighted by Crippen LogP contribution is -2.57. The van der Waals surface area contributed by atoms with Crippen molar-refractivity contribution in [3.05, 3.63) is 48.8 Å². The molecule has 0 radical (unpaired) electrons. The van der Waals surface area contributed by atoms with Crippen LogP contribution in [0, 0.1) is 0 Å². The van der Waals surface area contributed by atoms with E-state index in [0.717, 1.165) is 16.8 Å². The maximum atomic E-state index is 12.4. The summed E-state index contributed by atoms with van der Waals surface area (Å²) >= 11 is 0. The summed E-state index contributed by atoms with van der Waals surface area (Å²) in [5.74, 6) is -0.610. The lowest BCUT2D eigenvalue weighted by Gasteiger charge is -2.37. The number of rotatable bonds is 6. The first-order chi connectivity index (χ1) is 14.0. The first-order valence-electron chi connectivity index (χ1n) is 9.62. The molecule has 1 saturated heterocycles. The van der Waals surface area contributed by atoms with Gasteiger partial charge in [-0.25, -0.2) is 4.79 Å². The molecule has 0 saturated carbocycles. The maximum absolute atomic E-state index is 12.4. The highest BCUT2D eigenvalue weighted by Gasteiger charge is 2.28. The Kier molecular flexibility index (Phi) is 6.79. The third kappa shape index (κ3) is 5.10. The summed E-state index contributed by atoms with van der Waals surface area (Å²) in [6, 6.07) is 10.6. The van der Waals surface area contributed by atoms with Gasteiger partial charge in [-0.05, 0) is 36.2 Å². The molecule has 154 valence electrons. The third-order valence-corrected chi connectivity index (χ3v) is 5.06. The van der Waals surface area contributed by atoms with E-state index in [1.165, 1.54) is 6.92 Å². The number of aliphatic hydroxyl groups excluding tert-OH is 2. The van der Waals surface area contributed by atoms with Crippen LogP contribution in [0.1, 0.15) is 6.92 Å². The predicted octanol–water partition coefficient (Wildman–Crippen LogP) is 0.891. The SMILES string of the molecule is C[C@@H](O)[C@H](NC(=O)N1CCN(c2ccc(-c3cccnc3)cc2)CC1)C(=O)CO. The van der Waals surface area contributed by atoms with E-state index in [-0.39, 0.29) is 0 Å². The Morgan fingerprint density at radius 1 is 1.10 bits per heavy atom. The fraction of sp³-hybridized carbons (Fsp3) is 0.381. The number of carbonyl (C=O) groups excluding carboxylic acids is 2. The second-order valence-electron chi connectivity index (χ2n) is 7.05. The Morgan fingerprint density at radius 3 is 2.34 bits per heavy atom. The van der Waals surface area contributed by atoms with Crippen molar-refractivity contribution >= 4 is 17.5 Å². The third-order valence-electron chi connectivity index (χ3n) is 5.06. The summed E-state index contributed by atoms with van der Waals surface area (Å²) in [4.78, 5) is 32.1. The maximum Gasteiger partial charge on any atom is 0.318 e. The van der Waals surface area contributed by atoms with E-state index in [1.54, 1.807) is 11.1 Å². The van der Waals surface area contributed by atoms with Crippen LogP contribution >= 0.6 is 0 Å². The topological polar surface area (TPSA) is 106 Å². The van der Waals surface area contributed by atoms with Gasteiger partial charge in [-0.2, -0.15) is 0 Å². The number of hydrogen-bond acceptors (Lipinski definition) is 6. The number of nitrogens with zero attached hydrogens (tertiary/aromatic N) is 3. The molecule has 2 atom stereocenters. The molecule has 0 unspecified atom stereocenters. The van der Waals surface area contributed by atoms with E-state index in [1.807, 2.05) is 18.3 Å². The average Bonchev–Trinajstić information content (AvgIpc) is 2.77. The van der Waals surface area contributed by atoms with Crippen molar-refractivity contribution < 1.29 is 19.8 Å². The summed E-state index contributed by atoms with van der Waals surface area (Å²) in [5, 5.41) is 21.2. The van der Waals surface area contributed by atoms with Crippen LogP contribution in [0.15, 0.2) is 48.8 Å². The fourth-order valence-corrected chi connectivity index (χ4v) is 3.36. The number of benzene rings is 1. The molecule has 0 spiro atoms. The molecule has 29 heavy (non-hydrogen) atoms. The van der Waals surface area contributed by atoms with E-state index >= 15 is 0 Å². The van der Waals surface area contributed by atoms with Gasteiger partial charge in [-0.3, -0.25) is 9.78 Å². The highest BCUT2D eigenvalue weighted by Crippen LogP contribution is 2.23. The first kappa shape index (κ1) is 20.8.